The summed E-state index contributed by atoms with van der Waals surface area (Å²) in [5.74, 6) is -3.16. The minimum absolute atomic E-state index is 0.0151. The molecule has 4 rings (SSSR count). The van der Waals surface area contributed by atoms with Gasteiger partial charge in [-0.2, -0.15) is 22.0 Å². The molecule has 0 amide bonds. The molecule has 1 aliphatic rings. The summed E-state index contributed by atoms with van der Waals surface area (Å²) in [4.78, 5) is 18.7. The zero-order valence-electron chi connectivity index (χ0n) is 23.1. The van der Waals surface area contributed by atoms with Crippen molar-refractivity contribution in [2.24, 2.45) is 0 Å². The van der Waals surface area contributed by atoms with E-state index in [2.05, 4.69) is 30.2 Å². The van der Waals surface area contributed by atoms with Crippen LogP contribution in [-0.2, 0) is 18.6 Å². The number of pyridine rings is 1. The van der Waals surface area contributed by atoms with Crippen LogP contribution < -0.4 is 5.32 Å². The molecular formula is C28H36F5N7. The van der Waals surface area contributed by atoms with E-state index < -0.39 is 35.5 Å². The van der Waals surface area contributed by atoms with Crippen molar-refractivity contribution in [3.05, 3.63) is 47.8 Å². The summed E-state index contributed by atoms with van der Waals surface area (Å²) >= 11 is 0. The van der Waals surface area contributed by atoms with Gasteiger partial charge in [-0.3, -0.25) is 4.90 Å². The number of nitrogens with zero attached hydrogens (tertiary/aromatic N) is 6. The smallest absolute Gasteiger partial charge is 0.351 e. The van der Waals surface area contributed by atoms with E-state index in [1.165, 1.54) is 23.2 Å². The highest BCUT2D eigenvalue weighted by Gasteiger charge is 2.38. The summed E-state index contributed by atoms with van der Waals surface area (Å²) in [5.41, 5.74) is -1.40. The molecule has 0 aliphatic carbocycles. The average molecular weight is 566 g/mol. The first-order chi connectivity index (χ1) is 19.1. The minimum Gasteiger partial charge on any atom is -0.351 e. The van der Waals surface area contributed by atoms with Gasteiger partial charge in [-0.25, -0.2) is 19.9 Å². The zero-order chi connectivity index (χ0) is 28.9. The molecule has 0 saturated carbocycles. The fourth-order valence-corrected chi connectivity index (χ4v) is 4.86. The molecule has 0 unspecified atom stereocenters. The van der Waals surface area contributed by atoms with Crippen LogP contribution in [0.5, 0.6) is 0 Å². The van der Waals surface area contributed by atoms with Crippen molar-refractivity contribution in [2.75, 3.05) is 18.4 Å². The van der Waals surface area contributed by atoms with Gasteiger partial charge >= 0.3 is 6.18 Å². The van der Waals surface area contributed by atoms with Gasteiger partial charge in [0.1, 0.15) is 29.0 Å². The van der Waals surface area contributed by atoms with Gasteiger partial charge in [0, 0.05) is 31.4 Å². The third-order valence-electron chi connectivity index (χ3n) is 6.98. The van der Waals surface area contributed by atoms with E-state index in [-0.39, 0.29) is 29.8 Å². The highest BCUT2D eigenvalue weighted by molar-refractivity contribution is 5.61. The van der Waals surface area contributed by atoms with Crippen molar-refractivity contribution < 1.29 is 22.0 Å². The quantitative estimate of drug-likeness (QED) is 0.221. The van der Waals surface area contributed by atoms with E-state index in [0.717, 1.165) is 51.4 Å². The van der Waals surface area contributed by atoms with Gasteiger partial charge in [-0.05, 0) is 44.5 Å². The van der Waals surface area contributed by atoms with Gasteiger partial charge < -0.3 is 9.88 Å². The van der Waals surface area contributed by atoms with Crippen molar-refractivity contribution in [1.82, 2.24) is 29.4 Å². The first-order valence-electron chi connectivity index (χ1n) is 13.9. The Morgan fingerprint density at radius 3 is 2.27 bits per heavy atom. The monoisotopic (exact) mass is 565 g/mol. The highest BCUT2D eigenvalue weighted by atomic mass is 19.4. The normalized spacial score (nSPS) is 14.5. The highest BCUT2D eigenvalue weighted by Crippen LogP contribution is 2.38. The van der Waals surface area contributed by atoms with E-state index in [4.69, 9.17) is 0 Å². The van der Waals surface area contributed by atoms with Crippen LogP contribution in [0, 0.1) is 0 Å². The molecular weight excluding hydrogens is 529 g/mol. The maximum absolute atomic E-state index is 15.3. The number of imidazole rings is 1. The number of hydrogen-bond acceptors (Lipinski definition) is 6. The molecule has 0 atom stereocenters. The Morgan fingerprint density at radius 2 is 1.68 bits per heavy atom. The Hall–Kier alpha value is -3.15. The van der Waals surface area contributed by atoms with Crippen molar-refractivity contribution in [3.8, 4) is 17.1 Å². The number of nitrogens with one attached hydrogen (secondary N) is 1. The molecule has 7 nitrogen and oxygen atoms in total. The van der Waals surface area contributed by atoms with Crippen LogP contribution in [0.3, 0.4) is 0 Å². The Bertz CT molecular complexity index is 1260. The molecule has 1 aliphatic heterocycles. The maximum Gasteiger partial charge on any atom is 0.420 e. The van der Waals surface area contributed by atoms with Gasteiger partial charge in [-0.15, -0.1) is 0 Å². The lowest BCUT2D eigenvalue weighted by molar-refractivity contribution is -0.137. The van der Waals surface area contributed by atoms with Crippen LogP contribution in [0.2, 0.25) is 0 Å². The van der Waals surface area contributed by atoms with E-state index in [1.807, 2.05) is 13.8 Å². The molecule has 218 valence electrons. The van der Waals surface area contributed by atoms with Crippen LogP contribution in [0.25, 0.3) is 17.1 Å². The molecule has 0 aromatic carbocycles. The summed E-state index contributed by atoms with van der Waals surface area (Å²) in [6, 6.07) is 3.22. The Labute approximate surface area is 231 Å². The predicted molar refractivity (Wildman–Crippen MR) is 143 cm³/mol. The molecule has 4 heterocycles. The summed E-state index contributed by atoms with van der Waals surface area (Å²) in [6.07, 6.45) is 2.84. The topological polar surface area (TPSA) is 71.8 Å². The predicted octanol–water partition coefficient (Wildman–Crippen LogP) is 7.22. The number of rotatable bonds is 13. The van der Waals surface area contributed by atoms with E-state index in [9.17, 15) is 13.2 Å². The van der Waals surface area contributed by atoms with Crippen molar-refractivity contribution in [2.45, 2.75) is 90.4 Å². The number of hydrogen-bond donors (Lipinski definition) is 1. The van der Waals surface area contributed by atoms with Gasteiger partial charge in [0.05, 0.1) is 11.4 Å². The van der Waals surface area contributed by atoms with Gasteiger partial charge in [0.15, 0.2) is 0 Å². The van der Waals surface area contributed by atoms with Gasteiger partial charge in [0.25, 0.3) is 5.92 Å². The van der Waals surface area contributed by atoms with Crippen LogP contribution in [-0.4, -0.2) is 48.5 Å². The minimum atomic E-state index is -4.73. The van der Waals surface area contributed by atoms with E-state index in [1.54, 1.807) is 13.0 Å². The number of halogens is 5. The molecule has 12 heteroatoms. The molecule has 1 N–H and O–H groups in total. The third kappa shape index (κ3) is 6.94. The average Bonchev–Trinajstić information content (AvgIpc) is 3.36. The van der Waals surface area contributed by atoms with Crippen LogP contribution in [0.4, 0.5) is 27.9 Å². The first kappa shape index (κ1) is 29.8. The lowest BCUT2D eigenvalue weighted by Gasteiger charge is -2.30. The molecule has 0 bridgehead atoms. The molecule has 1 saturated heterocycles. The van der Waals surface area contributed by atoms with Gasteiger partial charge in [0.2, 0.25) is 5.95 Å². The maximum atomic E-state index is 15.3. The number of alkyl halides is 5. The molecule has 3 aromatic rings. The zero-order valence-corrected chi connectivity index (χ0v) is 23.1. The Kier molecular flexibility index (Phi) is 9.37. The van der Waals surface area contributed by atoms with Crippen LogP contribution in [0.15, 0.2) is 30.9 Å². The largest absolute Gasteiger partial charge is 0.420 e. The van der Waals surface area contributed by atoms with Gasteiger partial charge in [-0.1, -0.05) is 40.0 Å². The van der Waals surface area contributed by atoms with Crippen molar-refractivity contribution >= 4 is 5.95 Å². The molecule has 3 aromatic heterocycles. The molecule has 1 fully saturated rings. The van der Waals surface area contributed by atoms with Crippen molar-refractivity contribution in [1.29, 1.82) is 0 Å². The number of likely N-dealkylation sites (tertiary alicyclic amines) is 1. The summed E-state index contributed by atoms with van der Waals surface area (Å²) < 4.78 is 73.7. The Morgan fingerprint density at radius 1 is 0.950 bits per heavy atom. The number of aromatic nitrogens is 5. The van der Waals surface area contributed by atoms with Crippen LogP contribution >= 0.6 is 0 Å². The second kappa shape index (κ2) is 12.6. The lowest BCUT2D eigenvalue weighted by Crippen LogP contribution is -2.36. The third-order valence-corrected chi connectivity index (χ3v) is 6.98. The van der Waals surface area contributed by atoms with E-state index >= 15 is 8.78 Å². The van der Waals surface area contributed by atoms with Crippen LogP contribution in [0.1, 0.15) is 82.7 Å². The Balaban J connectivity index is 1.73. The van der Waals surface area contributed by atoms with Crippen molar-refractivity contribution in [3.63, 3.8) is 0 Å². The SMILES string of the molecule is CCCC(CCC)Nc1ncc(C(F)(F)F)c(-c2cn(-c3ccc(CN4CCC4)nc3C(F)(F)CCC)cn2)n1. The molecule has 40 heavy (non-hydrogen) atoms. The second-order valence-electron chi connectivity index (χ2n) is 10.3. The second-order valence-corrected chi connectivity index (χ2v) is 10.3. The fraction of sp³-hybridized carbons (Fsp3) is 0.571. The fourth-order valence-electron chi connectivity index (χ4n) is 4.86. The summed E-state index contributed by atoms with van der Waals surface area (Å²) in [5, 5.41) is 3.15. The molecule has 0 radical (unpaired) electrons. The lowest BCUT2D eigenvalue weighted by atomic mass is 10.1. The number of anilines is 1. The van der Waals surface area contributed by atoms with E-state index in [0.29, 0.717) is 12.2 Å². The first-order valence-corrected chi connectivity index (χ1v) is 13.9. The standard InChI is InChI=1S/C28H36F5N7/c1-4-8-19(9-5-2)37-26-34-15-21(28(31,32)33)24(38-26)22-17-40(18-35-22)23-11-10-20(16-39-13-7-14-39)36-25(23)27(29,30)12-6-3/h10-11,15,17-19H,4-9,12-14,16H2,1-3H3,(H,34,37,38). The molecule has 0 spiro atoms. The summed E-state index contributed by atoms with van der Waals surface area (Å²) in [6.45, 7) is 7.97. The summed E-state index contributed by atoms with van der Waals surface area (Å²) in [7, 11) is 0.